The lowest BCUT2D eigenvalue weighted by Crippen LogP contribution is -2.23. The highest BCUT2D eigenvalue weighted by Gasteiger charge is 2.06. The van der Waals surface area contributed by atoms with Crippen molar-refractivity contribution in [2.45, 2.75) is 12.8 Å². The van der Waals surface area contributed by atoms with E-state index in [9.17, 15) is 9.00 Å². The van der Waals surface area contributed by atoms with Crippen LogP contribution in [0.3, 0.4) is 0 Å². The van der Waals surface area contributed by atoms with Gasteiger partial charge in [-0.1, -0.05) is 0 Å². The Morgan fingerprint density at radius 3 is 2.46 bits per heavy atom. The van der Waals surface area contributed by atoms with Gasteiger partial charge in [0, 0.05) is 42.8 Å². The van der Waals surface area contributed by atoms with Gasteiger partial charge in [0.25, 0.3) is 0 Å². The van der Waals surface area contributed by atoms with Crippen molar-refractivity contribution in [2.24, 2.45) is 5.73 Å². The lowest BCUT2D eigenvalue weighted by molar-refractivity contribution is -0.128. The molecular formula is C8H18N2O2S. The first-order valence-corrected chi connectivity index (χ1v) is 5.82. The van der Waals surface area contributed by atoms with Gasteiger partial charge in [-0.3, -0.25) is 9.00 Å². The fourth-order valence-electron chi connectivity index (χ4n) is 0.771. The maximum atomic E-state index is 11.2. The van der Waals surface area contributed by atoms with E-state index in [1.54, 1.807) is 14.1 Å². The number of hydrogen-bond donors (Lipinski definition) is 1. The normalized spacial score (nSPS) is 12.5. The summed E-state index contributed by atoms with van der Waals surface area (Å²) < 4.78 is 11.2. The van der Waals surface area contributed by atoms with Crippen molar-refractivity contribution in [3.05, 3.63) is 0 Å². The van der Waals surface area contributed by atoms with Crippen molar-refractivity contribution in [1.82, 2.24) is 4.90 Å². The van der Waals surface area contributed by atoms with E-state index < -0.39 is 10.8 Å². The van der Waals surface area contributed by atoms with Gasteiger partial charge in [0.05, 0.1) is 0 Å². The molecule has 0 fully saturated rings. The van der Waals surface area contributed by atoms with E-state index in [1.807, 2.05) is 0 Å². The van der Waals surface area contributed by atoms with Gasteiger partial charge in [0.1, 0.15) is 0 Å². The van der Waals surface area contributed by atoms with Crippen molar-refractivity contribution in [3.63, 3.8) is 0 Å². The molecule has 0 rings (SSSR count). The quantitative estimate of drug-likeness (QED) is 0.641. The molecule has 0 spiro atoms. The van der Waals surface area contributed by atoms with E-state index in [2.05, 4.69) is 0 Å². The third-order valence-electron chi connectivity index (χ3n) is 1.62. The Labute approximate surface area is 81.9 Å². The Bertz CT molecular complexity index is 183. The van der Waals surface area contributed by atoms with Crippen molar-refractivity contribution < 1.29 is 9.00 Å². The van der Waals surface area contributed by atoms with Gasteiger partial charge < -0.3 is 10.6 Å². The molecule has 1 atom stereocenters. The van der Waals surface area contributed by atoms with Crippen LogP contribution in [0.5, 0.6) is 0 Å². The van der Waals surface area contributed by atoms with Gasteiger partial charge in [-0.2, -0.15) is 0 Å². The van der Waals surface area contributed by atoms with Crippen molar-refractivity contribution >= 4 is 16.7 Å². The number of carbonyl (C=O) groups is 1. The molecule has 0 saturated heterocycles. The molecule has 0 aliphatic carbocycles. The lowest BCUT2D eigenvalue weighted by atomic mass is 10.4. The first kappa shape index (κ1) is 12.6. The van der Waals surface area contributed by atoms with Crippen LogP contribution < -0.4 is 5.73 Å². The van der Waals surface area contributed by atoms with Crippen molar-refractivity contribution in [3.8, 4) is 0 Å². The highest BCUT2D eigenvalue weighted by molar-refractivity contribution is 7.84. The van der Waals surface area contributed by atoms with E-state index >= 15 is 0 Å². The minimum absolute atomic E-state index is 0.0288. The summed E-state index contributed by atoms with van der Waals surface area (Å²) in [7, 11) is 2.51. The number of rotatable bonds is 6. The van der Waals surface area contributed by atoms with Crippen LogP contribution in [-0.2, 0) is 15.6 Å². The summed E-state index contributed by atoms with van der Waals surface area (Å²) in [5, 5.41) is 0. The van der Waals surface area contributed by atoms with E-state index in [-0.39, 0.29) is 5.91 Å². The number of nitrogens with two attached hydrogens (primary N) is 1. The van der Waals surface area contributed by atoms with E-state index in [0.717, 1.165) is 6.42 Å². The molecule has 5 heteroatoms. The van der Waals surface area contributed by atoms with Gasteiger partial charge >= 0.3 is 0 Å². The van der Waals surface area contributed by atoms with Crippen LogP contribution in [0.1, 0.15) is 12.8 Å². The second kappa shape index (κ2) is 7.03. The van der Waals surface area contributed by atoms with Gasteiger partial charge in [-0.15, -0.1) is 0 Å². The molecule has 78 valence electrons. The Hall–Kier alpha value is -0.420. The predicted molar refractivity (Wildman–Crippen MR) is 54.9 cm³/mol. The van der Waals surface area contributed by atoms with Crippen molar-refractivity contribution in [2.75, 3.05) is 32.1 Å². The van der Waals surface area contributed by atoms with Crippen LogP contribution in [0, 0.1) is 0 Å². The zero-order valence-electron chi connectivity index (χ0n) is 8.28. The average Bonchev–Trinajstić information content (AvgIpc) is 2.10. The van der Waals surface area contributed by atoms with Crippen LogP contribution in [-0.4, -0.2) is 47.2 Å². The van der Waals surface area contributed by atoms with Gasteiger partial charge in [-0.25, -0.2) is 0 Å². The molecule has 0 saturated carbocycles. The summed E-state index contributed by atoms with van der Waals surface area (Å²) in [6, 6.07) is 0. The highest BCUT2D eigenvalue weighted by Crippen LogP contribution is 1.93. The van der Waals surface area contributed by atoms with Crippen LogP contribution in [0.4, 0.5) is 0 Å². The highest BCUT2D eigenvalue weighted by atomic mass is 32.2. The zero-order valence-corrected chi connectivity index (χ0v) is 9.10. The fraction of sp³-hybridized carbons (Fsp3) is 0.875. The topological polar surface area (TPSA) is 63.4 Å². The molecule has 0 heterocycles. The van der Waals surface area contributed by atoms with Gasteiger partial charge in [0.15, 0.2) is 0 Å². The minimum Gasteiger partial charge on any atom is -0.349 e. The van der Waals surface area contributed by atoms with Crippen LogP contribution >= 0.6 is 0 Å². The van der Waals surface area contributed by atoms with Gasteiger partial charge in [-0.05, 0) is 13.0 Å². The summed E-state index contributed by atoms with van der Waals surface area (Å²) in [5.74, 6) is 1.09. The Kier molecular flexibility index (Phi) is 6.80. The van der Waals surface area contributed by atoms with E-state index in [1.165, 1.54) is 4.90 Å². The number of carbonyl (C=O) groups excluding carboxylic acids is 1. The Morgan fingerprint density at radius 2 is 2.00 bits per heavy atom. The molecule has 1 unspecified atom stereocenters. The standard InChI is InChI=1S/C8H18N2O2S/c1-10(2)8(11)4-7-13(12)6-3-5-9/h3-7,9H2,1-2H3. The molecule has 0 aliphatic rings. The van der Waals surface area contributed by atoms with Crippen LogP contribution in [0.15, 0.2) is 0 Å². The monoisotopic (exact) mass is 206 g/mol. The largest absolute Gasteiger partial charge is 0.349 e. The lowest BCUT2D eigenvalue weighted by Gasteiger charge is -2.09. The molecule has 2 N–H and O–H groups in total. The molecule has 4 nitrogen and oxygen atoms in total. The maximum absolute atomic E-state index is 11.2. The smallest absolute Gasteiger partial charge is 0.222 e. The number of hydrogen-bond acceptors (Lipinski definition) is 3. The molecule has 0 aromatic carbocycles. The molecule has 0 aliphatic heterocycles. The first-order valence-electron chi connectivity index (χ1n) is 4.33. The zero-order chi connectivity index (χ0) is 10.3. The molecular weight excluding hydrogens is 188 g/mol. The second-order valence-electron chi connectivity index (χ2n) is 3.03. The third-order valence-corrected chi connectivity index (χ3v) is 3.02. The summed E-state index contributed by atoms with van der Waals surface area (Å²) in [6.45, 7) is 0.563. The number of nitrogens with zero attached hydrogens (tertiary/aromatic N) is 1. The Balaban J connectivity index is 3.52. The molecule has 0 aromatic rings. The molecule has 13 heavy (non-hydrogen) atoms. The Morgan fingerprint density at radius 1 is 1.38 bits per heavy atom. The summed E-state index contributed by atoms with van der Waals surface area (Å²) in [5.41, 5.74) is 5.27. The van der Waals surface area contributed by atoms with Gasteiger partial charge in [0.2, 0.25) is 5.91 Å². The number of amides is 1. The fourth-order valence-corrected chi connectivity index (χ4v) is 1.87. The van der Waals surface area contributed by atoms with E-state index in [4.69, 9.17) is 5.73 Å². The first-order chi connectivity index (χ1) is 6.07. The van der Waals surface area contributed by atoms with Crippen LogP contribution in [0.2, 0.25) is 0 Å². The second-order valence-corrected chi connectivity index (χ2v) is 4.72. The molecule has 0 aromatic heterocycles. The maximum Gasteiger partial charge on any atom is 0.222 e. The summed E-state index contributed by atoms with van der Waals surface area (Å²) >= 11 is 0. The third kappa shape index (κ3) is 6.72. The molecule has 1 amide bonds. The van der Waals surface area contributed by atoms with E-state index in [0.29, 0.717) is 24.5 Å². The van der Waals surface area contributed by atoms with Crippen molar-refractivity contribution in [1.29, 1.82) is 0 Å². The molecule has 0 radical (unpaired) electrons. The SMILES string of the molecule is CN(C)C(=O)CCS(=O)CCCN. The average molecular weight is 206 g/mol. The summed E-state index contributed by atoms with van der Waals surface area (Å²) in [4.78, 5) is 12.6. The molecule has 0 bridgehead atoms. The van der Waals surface area contributed by atoms with Crippen LogP contribution in [0.25, 0.3) is 0 Å². The predicted octanol–water partition coefficient (Wildman–Crippen LogP) is -0.438. The minimum atomic E-state index is -0.885. The summed E-state index contributed by atoms with van der Waals surface area (Å²) in [6.07, 6.45) is 1.13.